The van der Waals surface area contributed by atoms with Crippen LogP contribution in [0.4, 0.5) is 24.5 Å². The maximum Gasteiger partial charge on any atom is 0.337 e. The first-order valence-electron chi connectivity index (χ1n) is 12.2. The Labute approximate surface area is 234 Å². The minimum Gasteiger partial charge on any atom is -0.488 e. The smallest absolute Gasteiger partial charge is 0.337 e. The van der Waals surface area contributed by atoms with E-state index in [-0.39, 0.29) is 41.5 Å². The Hall–Kier alpha value is -3.29. The van der Waals surface area contributed by atoms with Crippen LogP contribution < -0.4 is 9.64 Å². The number of carboxylic acids is 1. The topological polar surface area (TPSA) is 100 Å². The van der Waals surface area contributed by atoms with E-state index in [1.807, 2.05) is 0 Å². The second-order valence-corrected chi connectivity index (χ2v) is 12.3. The Kier molecular flexibility index (Phi) is 8.66. The molecule has 1 aliphatic heterocycles. The number of carbonyl (C=O) groups is 1. The molecule has 4 rings (SSSR count). The summed E-state index contributed by atoms with van der Waals surface area (Å²) < 4.78 is 76.6. The molecule has 13 heteroatoms. The number of anilines is 2. The van der Waals surface area contributed by atoms with Gasteiger partial charge in [0.25, 0.3) is 0 Å². The largest absolute Gasteiger partial charge is 0.488 e. The molecule has 0 aliphatic carbocycles. The maximum absolute atomic E-state index is 14.3. The SMILES string of the molecule is CSc1cc2c(cc1OCc1ccncc1C(=O)O)S(=O)(=O)N(C)[C@H](CCC(C)(F)F)CN2c1cccc(F)c1. The maximum atomic E-state index is 14.3. The van der Waals surface area contributed by atoms with Crippen LogP contribution in [0.3, 0.4) is 0 Å². The van der Waals surface area contributed by atoms with Gasteiger partial charge in [0.15, 0.2) is 0 Å². The Morgan fingerprint density at radius 1 is 1.25 bits per heavy atom. The Balaban J connectivity index is 1.83. The molecule has 0 radical (unpaired) electrons. The molecule has 0 amide bonds. The summed E-state index contributed by atoms with van der Waals surface area (Å²) in [6, 6.07) is 9.23. The first-order chi connectivity index (χ1) is 18.8. The molecule has 3 aromatic rings. The molecule has 0 bridgehead atoms. The number of sulfonamides is 1. The normalized spacial score (nSPS) is 17.2. The number of rotatable bonds is 9. The molecule has 2 heterocycles. The standard InChI is InChI=1S/C27H28F3N3O5S2/c1-27(29,30)9-7-20-15-33(19-6-4-5-18(28)11-19)22-12-24(39-3)23(13-25(22)40(36,37)32(20)2)38-16-17-8-10-31-14-21(17)26(34)35/h4-6,8,10-14,20H,7,9,15-16H2,1-3H3,(H,34,35)/t20-/m1/s1. The molecular weight excluding hydrogens is 567 g/mol. The van der Waals surface area contributed by atoms with E-state index in [1.54, 1.807) is 23.3 Å². The van der Waals surface area contributed by atoms with E-state index in [0.717, 1.165) is 11.2 Å². The number of hydrogen-bond acceptors (Lipinski definition) is 7. The van der Waals surface area contributed by atoms with E-state index in [2.05, 4.69) is 4.98 Å². The zero-order valence-corrected chi connectivity index (χ0v) is 23.6. The summed E-state index contributed by atoms with van der Waals surface area (Å²) in [6.45, 7) is 0.619. The van der Waals surface area contributed by atoms with Crippen molar-refractivity contribution in [3.05, 3.63) is 71.8 Å². The number of hydrogen-bond donors (Lipinski definition) is 1. The Morgan fingerprint density at radius 3 is 2.65 bits per heavy atom. The van der Waals surface area contributed by atoms with Crippen LogP contribution in [-0.2, 0) is 16.6 Å². The summed E-state index contributed by atoms with van der Waals surface area (Å²) >= 11 is 1.27. The van der Waals surface area contributed by atoms with Gasteiger partial charge in [-0.05, 0) is 49.9 Å². The summed E-state index contributed by atoms with van der Waals surface area (Å²) in [5, 5.41) is 9.46. The third-order valence-electron chi connectivity index (χ3n) is 6.66. The number of carboxylic acid groups (broad SMARTS) is 1. The average molecular weight is 596 g/mol. The van der Waals surface area contributed by atoms with Crippen molar-refractivity contribution in [3.8, 4) is 5.75 Å². The molecule has 2 aromatic carbocycles. The number of aromatic carboxylic acids is 1. The summed E-state index contributed by atoms with van der Waals surface area (Å²) in [5.41, 5.74) is 0.897. The molecule has 1 atom stereocenters. The van der Waals surface area contributed by atoms with Crippen molar-refractivity contribution in [1.82, 2.24) is 9.29 Å². The highest BCUT2D eigenvalue weighted by molar-refractivity contribution is 7.98. The van der Waals surface area contributed by atoms with Gasteiger partial charge in [-0.3, -0.25) is 4.98 Å². The summed E-state index contributed by atoms with van der Waals surface area (Å²) in [4.78, 5) is 17.4. The van der Waals surface area contributed by atoms with Crippen molar-refractivity contribution >= 4 is 39.1 Å². The number of benzene rings is 2. The van der Waals surface area contributed by atoms with Gasteiger partial charge in [-0.1, -0.05) is 6.07 Å². The van der Waals surface area contributed by atoms with Gasteiger partial charge >= 0.3 is 5.97 Å². The number of alkyl halides is 2. The summed E-state index contributed by atoms with van der Waals surface area (Å²) in [7, 11) is -2.88. The van der Waals surface area contributed by atoms with E-state index in [1.165, 1.54) is 61.5 Å². The van der Waals surface area contributed by atoms with Gasteiger partial charge in [-0.15, -0.1) is 11.8 Å². The van der Waals surface area contributed by atoms with Crippen LogP contribution in [0.1, 0.15) is 35.7 Å². The zero-order chi connectivity index (χ0) is 29.2. The lowest BCUT2D eigenvalue weighted by molar-refractivity contribution is 0.00679. The van der Waals surface area contributed by atoms with Crippen molar-refractivity contribution < 1.29 is 36.2 Å². The molecule has 0 fully saturated rings. The molecule has 0 saturated carbocycles. The number of aromatic nitrogens is 1. The van der Waals surface area contributed by atoms with Crippen molar-refractivity contribution in [2.24, 2.45) is 0 Å². The second-order valence-electron chi connectivity index (χ2n) is 9.47. The van der Waals surface area contributed by atoms with Crippen LogP contribution >= 0.6 is 11.8 Å². The highest BCUT2D eigenvalue weighted by Gasteiger charge is 2.39. The third-order valence-corrected chi connectivity index (χ3v) is 9.36. The van der Waals surface area contributed by atoms with Gasteiger partial charge < -0.3 is 14.7 Å². The highest BCUT2D eigenvalue weighted by atomic mass is 32.2. The van der Waals surface area contributed by atoms with Crippen molar-refractivity contribution in [1.29, 1.82) is 0 Å². The van der Waals surface area contributed by atoms with E-state index < -0.39 is 40.2 Å². The number of nitrogens with zero attached hydrogens (tertiary/aromatic N) is 3. The van der Waals surface area contributed by atoms with E-state index in [9.17, 15) is 31.5 Å². The molecule has 214 valence electrons. The number of halogens is 3. The molecule has 8 nitrogen and oxygen atoms in total. The van der Waals surface area contributed by atoms with Crippen LogP contribution in [0, 0.1) is 5.82 Å². The van der Waals surface area contributed by atoms with Gasteiger partial charge in [0, 0.05) is 55.8 Å². The number of pyridine rings is 1. The number of fused-ring (bicyclic) bond motifs is 1. The monoisotopic (exact) mass is 595 g/mol. The quantitative estimate of drug-likeness (QED) is 0.310. The van der Waals surface area contributed by atoms with Crippen molar-refractivity contribution in [3.63, 3.8) is 0 Å². The molecular formula is C27H28F3N3O5S2. The highest BCUT2D eigenvalue weighted by Crippen LogP contribution is 2.44. The first kappa shape index (κ1) is 29.7. The van der Waals surface area contributed by atoms with Gasteiger partial charge in [-0.25, -0.2) is 26.4 Å². The number of likely N-dealkylation sites (N-methyl/N-ethyl adjacent to an activating group) is 1. The van der Waals surface area contributed by atoms with Gasteiger partial charge in [0.2, 0.25) is 15.9 Å². The lowest BCUT2D eigenvalue weighted by Crippen LogP contribution is -2.41. The lowest BCUT2D eigenvalue weighted by atomic mass is 10.1. The van der Waals surface area contributed by atoms with Gasteiger partial charge in [-0.2, -0.15) is 4.31 Å². The van der Waals surface area contributed by atoms with Crippen LogP contribution in [0.5, 0.6) is 5.75 Å². The van der Waals surface area contributed by atoms with Crippen LogP contribution in [0.15, 0.2) is 64.6 Å². The molecule has 0 saturated heterocycles. The Bertz CT molecular complexity index is 1520. The zero-order valence-electron chi connectivity index (χ0n) is 22.0. The molecule has 40 heavy (non-hydrogen) atoms. The molecule has 1 aromatic heterocycles. The van der Waals surface area contributed by atoms with E-state index in [0.29, 0.717) is 16.1 Å². The van der Waals surface area contributed by atoms with Crippen molar-refractivity contribution in [2.75, 3.05) is 24.7 Å². The average Bonchev–Trinajstić information content (AvgIpc) is 2.98. The Morgan fingerprint density at radius 2 is 2.00 bits per heavy atom. The van der Waals surface area contributed by atoms with E-state index >= 15 is 0 Å². The number of thioether (sulfide) groups is 1. The lowest BCUT2D eigenvalue weighted by Gasteiger charge is -2.30. The van der Waals surface area contributed by atoms with Crippen molar-refractivity contribution in [2.45, 2.75) is 48.1 Å². The fourth-order valence-corrected chi connectivity index (χ4v) is 6.59. The fourth-order valence-electron chi connectivity index (χ4n) is 4.47. The van der Waals surface area contributed by atoms with Crippen LogP contribution in [0.2, 0.25) is 0 Å². The van der Waals surface area contributed by atoms with Crippen LogP contribution in [0.25, 0.3) is 0 Å². The molecule has 0 spiro atoms. The minimum atomic E-state index is -4.22. The minimum absolute atomic E-state index is 0.00920. The summed E-state index contributed by atoms with van der Waals surface area (Å²) in [5.74, 6) is -4.53. The predicted molar refractivity (Wildman–Crippen MR) is 146 cm³/mol. The molecule has 1 aliphatic rings. The third kappa shape index (κ3) is 6.37. The second kappa shape index (κ2) is 11.7. The molecule has 0 unspecified atom stereocenters. The molecule has 1 N–H and O–H groups in total. The van der Waals surface area contributed by atoms with E-state index in [4.69, 9.17) is 4.74 Å². The fraction of sp³-hybridized carbons (Fsp3) is 0.333. The summed E-state index contributed by atoms with van der Waals surface area (Å²) in [6.07, 6.45) is 3.72. The first-order valence-corrected chi connectivity index (χ1v) is 14.9. The number of ether oxygens (including phenoxy) is 1. The van der Waals surface area contributed by atoms with Crippen LogP contribution in [-0.4, -0.2) is 60.6 Å². The van der Waals surface area contributed by atoms with Gasteiger partial charge in [0.05, 0.1) is 16.1 Å². The predicted octanol–water partition coefficient (Wildman–Crippen LogP) is 5.80. The van der Waals surface area contributed by atoms with Gasteiger partial charge in [0.1, 0.15) is 23.1 Å².